The Balaban J connectivity index is 2.22. The number of aliphatic hydroxyl groups is 1. The molecule has 0 aliphatic carbocycles. The highest BCUT2D eigenvalue weighted by molar-refractivity contribution is 5.90. The summed E-state index contributed by atoms with van der Waals surface area (Å²) in [6, 6.07) is 3.42. The molecule has 2 amide bonds. The summed E-state index contributed by atoms with van der Waals surface area (Å²) in [5.41, 5.74) is 0.497. The van der Waals surface area contributed by atoms with Gasteiger partial charge in [0.1, 0.15) is 0 Å². The van der Waals surface area contributed by atoms with Gasteiger partial charge >= 0.3 is 0 Å². The predicted molar refractivity (Wildman–Crippen MR) is 86.4 cm³/mol. The van der Waals surface area contributed by atoms with Gasteiger partial charge in [0.2, 0.25) is 11.8 Å². The third-order valence-electron chi connectivity index (χ3n) is 4.40. The molecule has 2 atom stereocenters. The zero-order valence-electron chi connectivity index (χ0n) is 14.2. The number of rotatable bonds is 5. The predicted octanol–water partition coefficient (Wildman–Crippen LogP) is 1.08. The molecule has 1 aliphatic heterocycles. The molecule has 1 aromatic heterocycles. The quantitative estimate of drug-likeness (QED) is 0.881. The molecule has 0 saturated carbocycles. The van der Waals surface area contributed by atoms with Crippen molar-refractivity contribution < 1.29 is 14.7 Å². The molecule has 0 spiro atoms. The van der Waals surface area contributed by atoms with Crippen molar-refractivity contribution in [3.8, 4) is 0 Å². The molecular formula is C17H25N3O3. The van der Waals surface area contributed by atoms with E-state index in [4.69, 9.17) is 0 Å². The van der Waals surface area contributed by atoms with Crippen molar-refractivity contribution in [3.63, 3.8) is 0 Å². The van der Waals surface area contributed by atoms with E-state index in [1.54, 1.807) is 36.3 Å². The summed E-state index contributed by atoms with van der Waals surface area (Å²) in [5, 5.41) is 9.40. The molecule has 6 heteroatoms. The summed E-state index contributed by atoms with van der Waals surface area (Å²) in [7, 11) is 3.45. The molecule has 1 N–H and O–H groups in total. The molecule has 0 radical (unpaired) electrons. The maximum absolute atomic E-state index is 12.9. The van der Waals surface area contributed by atoms with Crippen LogP contribution in [0.3, 0.4) is 0 Å². The summed E-state index contributed by atoms with van der Waals surface area (Å²) >= 11 is 0. The van der Waals surface area contributed by atoms with E-state index in [0.29, 0.717) is 6.54 Å². The van der Waals surface area contributed by atoms with E-state index < -0.39 is 5.92 Å². The number of likely N-dealkylation sites (tertiary alicyclic amines) is 1. The Bertz CT molecular complexity index is 574. The molecule has 1 saturated heterocycles. The Morgan fingerprint density at radius 2 is 2.22 bits per heavy atom. The molecule has 2 heterocycles. The van der Waals surface area contributed by atoms with Crippen LogP contribution in [0.5, 0.6) is 0 Å². The summed E-state index contributed by atoms with van der Waals surface area (Å²) in [6.45, 7) is 4.25. The molecule has 0 unspecified atom stereocenters. The van der Waals surface area contributed by atoms with Crippen LogP contribution in [0.15, 0.2) is 24.5 Å². The average molecular weight is 319 g/mol. The minimum atomic E-state index is -0.420. The summed E-state index contributed by atoms with van der Waals surface area (Å²) in [4.78, 5) is 32.3. The van der Waals surface area contributed by atoms with Gasteiger partial charge in [-0.2, -0.15) is 0 Å². The van der Waals surface area contributed by atoms with E-state index in [9.17, 15) is 14.7 Å². The fourth-order valence-corrected chi connectivity index (χ4v) is 3.15. The van der Waals surface area contributed by atoms with Crippen LogP contribution in [0.1, 0.15) is 31.9 Å². The Hall–Kier alpha value is -1.95. The first-order valence-corrected chi connectivity index (χ1v) is 7.78. The number of hydrogen-bond donors (Lipinski definition) is 1. The van der Waals surface area contributed by atoms with Crippen molar-refractivity contribution in [2.75, 3.05) is 27.2 Å². The lowest BCUT2D eigenvalue weighted by atomic mass is 9.91. The maximum Gasteiger partial charge on any atom is 0.228 e. The number of carbonyl (C=O) groups excluding carboxylic acids is 2. The molecule has 0 aromatic carbocycles. The average Bonchev–Trinajstić information content (AvgIpc) is 2.82. The van der Waals surface area contributed by atoms with E-state index in [-0.39, 0.29) is 36.3 Å². The van der Waals surface area contributed by atoms with Gasteiger partial charge in [0.25, 0.3) is 0 Å². The van der Waals surface area contributed by atoms with Crippen molar-refractivity contribution in [2.45, 2.75) is 26.3 Å². The normalized spacial score (nSPS) is 21.6. The summed E-state index contributed by atoms with van der Waals surface area (Å²) in [6.07, 6.45) is 3.59. The van der Waals surface area contributed by atoms with E-state index >= 15 is 0 Å². The first-order chi connectivity index (χ1) is 10.8. The van der Waals surface area contributed by atoms with Gasteiger partial charge in [0.15, 0.2) is 0 Å². The molecule has 2 rings (SSSR count). The number of hydrogen-bond acceptors (Lipinski definition) is 4. The van der Waals surface area contributed by atoms with Crippen molar-refractivity contribution in [3.05, 3.63) is 30.1 Å². The summed E-state index contributed by atoms with van der Waals surface area (Å²) in [5.74, 6) is -0.527. The zero-order valence-corrected chi connectivity index (χ0v) is 14.2. The number of amides is 2. The lowest BCUT2D eigenvalue weighted by Gasteiger charge is -2.32. The summed E-state index contributed by atoms with van der Waals surface area (Å²) < 4.78 is 0. The van der Waals surface area contributed by atoms with Crippen LogP contribution >= 0.6 is 0 Å². The van der Waals surface area contributed by atoms with Gasteiger partial charge in [0, 0.05) is 51.5 Å². The highest BCUT2D eigenvalue weighted by Gasteiger charge is 2.44. The highest BCUT2D eigenvalue weighted by atomic mass is 16.3. The van der Waals surface area contributed by atoms with Crippen LogP contribution in [-0.2, 0) is 9.59 Å². The van der Waals surface area contributed by atoms with Gasteiger partial charge in [-0.1, -0.05) is 19.9 Å². The smallest absolute Gasteiger partial charge is 0.228 e. The number of carbonyl (C=O) groups is 2. The molecule has 1 aliphatic rings. The monoisotopic (exact) mass is 319 g/mol. The van der Waals surface area contributed by atoms with Crippen molar-refractivity contribution in [1.29, 1.82) is 0 Å². The highest BCUT2D eigenvalue weighted by Crippen LogP contribution is 2.37. The Labute approximate surface area is 137 Å². The Morgan fingerprint density at radius 1 is 1.52 bits per heavy atom. The minimum absolute atomic E-state index is 0.000153. The van der Waals surface area contributed by atoms with Crippen LogP contribution in [0.25, 0.3) is 0 Å². The number of aromatic nitrogens is 1. The fourth-order valence-electron chi connectivity index (χ4n) is 3.15. The SMILES string of the molecule is CN(CC(C)(C)CO)C(=O)[C@@H]1CC(=O)N(C)[C@H]1c1cccnc1. The van der Waals surface area contributed by atoms with Gasteiger partial charge < -0.3 is 14.9 Å². The molecule has 126 valence electrons. The largest absolute Gasteiger partial charge is 0.396 e. The van der Waals surface area contributed by atoms with Gasteiger partial charge in [-0.3, -0.25) is 14.6 Å². The third kappa shape index (κ3) is 3.69. The maximum atomic E-state index is 12.9. The zero-order chi connectivity index (χ0) is 17.2. The first kappa shape index (κ1) is 17.4. The molecule has 1 fully saturated rings. The minimum Gasteiger partial charge on any atom is -0.396 e. The van der Waals surface area contributed by atoms with E-state index in [1.807, 2.05) is 26.0 Å². The Kier molecular flexibility index (Phi) is 5.04. The molecule has 6 nitrogen and oxygen atoms in total. The second-order valence-electron chi connectivity index (χ2n) is 7.06. The first-order valence-electron chi connectivity index (χ1n) is 7.78. The lowest BCUT2D eigenvalue weighted by Crippen LogP contribution is -2.42. The van der Waals surface area contributed by atoms with Gasteiger partial charge in [0.05, 0.1) is 12.0 Å². The second kappa shape index (κ2) is 6.66. The fraction of sp³-hybridized carbons (Fsp3) is 0.588. The molecule has 1 aromatic rings. The van der Waals surface area contributed by atoms with E-state index in [2.05, 4.69) is 4.98 Å². The number of aliphatic hydroxyl groups excluding tert-OH is 1. The van der Waals surface area contributed by atoms with Crippen LogP contribution in [0, 0.1) is 11.3 Å². The van der Waals surface area contributed by atoms with E-state index in [0.717, 1.165) is 5.56 Å². The third-order valence-corrected chi connectivity index (χ3v) is 4.40. The topological polar surface area (TPSA) is 73.7 Å². The van der Waals surface area contributed by atoms with Crippen molar-refractivity contribution >= 4 is 11.8 Å². The number of nitrogens with zero attached hydrogens (tertiary/aromatic N) is 3. The van der Waals surface area contributed by atoms with Gasteiger partial charge in [-0.15, -0.1) is 0 Å². The standard InChI is InChI=1S/C17H25N3O3/c1-17(2,11-21)10-19(3)16(23)13-8-14(22)20(4)15(13)12-6-5-7-18-9-12/h5-7,9,13,15,21H,8,10-11H2,1-4H3/t13-,15+/m1/s1. The Morgan fingerprint density at radius 3 is 2.78 bits per heavy atom. The molecule has 23 heavy (non-hydrogen) atoms. The lowest BCUT2D eigenvalue weighted by molar-refractivity contribution is -0.136. The molecular weight excluding hydrogens is 294 g/mol. The molecule has 0 bridgehead atoms. The van der Waals surface area contributed by atoms with Gasteiger partial charge in [-0.25, -0.2) is 0 Å². The van der Waals surface area contributed by atoms with Crippen LogP contribution < -0.4 is 0 Å². The second-order valence-corrected chi connectivity index (χ2v) is 7.06. The van der Waals surface area contributed by atoms with Crippen molar-refractivity contribution in [1.82, 2.24) is 14.8 Å². The van der Waals surface area contributed by atoms with E-state index in [1.165, 1.54) is 0 Å². The van der Waals surface area contributed by atoms with Crippen LogP contribution in [-0.4, -0.2) is 59.0 Å². The van der Waals surface area contributed by atoms with Crippen LogP contribution in [0.2, 0.25) is 0 Å². The van der Waals surface area contributed by atoms with Crippen LogP contribution in [0.4, 0.5) is 0 Å². The number of pyridine rings is 1. The van der Waals surface area contributed by atoms with Gasteiger partial charge in [-0.05, 0) is 11.6 Å². The van der Waals surface area contributed by atoms with Crippen molar-refractivity contribution in [2.24, 2.45) is 11.3 Å².